The number of methoxy groups -OCH3 is 1. The fourth-order valence-corrected chi connectivity index (χ4v) is 4.89. The van der Waals surface area contributed by atoms with E-state index < -0.39 is 23.5 Å². The minimum atomic E-state index is -0.900. The van der Waals surface area contributed by atoms with E-state index in [0.717, 1.165) is 5.56 Å². The van der Waals surface area contributed by atoms with Crippen LogP contribution in [0.2, 0.25) is 0 Å². The number of hydrogen-bond acceptors (Lipinski definition) is 7. The van der Waals surface area contributed by atoms with Gasteiger partial charge in [0.05, 0.1) is 18.7 Å². The second kappa shape index (κ2) is 10.4. The van der Waals surface area contributed by atoms with Crippen LogP contribution in [0.1, 0.15) is 27.7 Å². The summed E-state index contributed by atoms with van der Waals surface area (Å²) in [5, 5.41) is 11.8. The molecule has 8 nitrogen and oxygen atoms in total. The van der Waals surface area contributed by atoms with Crippen molar-refractivity contribution in [2.24, 2.45) is 0 Å². The van der Waals surface area contributed by atoms with Crippen molar-refractivity contribution in [3.05, 3.63) is 132 Å². The number of aliphatic hydroxyl groups is 1. The summed E-state index contributed by atoms with van der Waals surface area (Å²) in [5.74, 6) is -0.256. The molecule has 3 aromatic carbocycles. The topological polar surface area (TPSA) is 102 Å². The van der Waals surface area contributed by atoms with E-state index >= 15 is 0 Å². The first-order valence-electron chi connectivity index (χ1n) is 12.6. The fraction of sp³-hybridized carbons (Fsp3) is 0.0938. The van der Waals surface area contributed by atoms with Gasteiger partial charge in [0.2, 0.25) is 5.78 Å². The molecule has 1 amide bonds. The van der Waals surface area contributed by atoms with E-state index in [2.05, 4.69) is 4.98 Å². The SMILES string of the molecule is COc1cccc2cc(C(=O)C3=C(O)C(=O)N(Cc4ccncc4)C3c3cccc(Oc4ccccc4)c3)oc12. The molecule has 1 aliphatic heterocycles. The number of aliphatic hydroxyl groups excluding tert-OH is 1. The molecule has 1 atom stereocenters. The second-order valence-corrected chi connectivity index (χ2v) is 9.26. The van der Waals surface area contributed by atoms with Crippen LogP contribution in [0.25, 0.3) is 11.0 Å². The van der Waals surface area contributed by atoms with Gasteiger partial charge < -0.3 is 23.9 Å². The van der Waals surface area contributed by atoms with Crippen LogP contribution in [0.15, 0.2) is 119 Å². The van der Waals surface area contributed by atoms with Crippen LogP contribution in [0.4, 0.5) is 0 Å². The zero-order valence-electron chi connectivity index (χ0n) is 21.5. The highest BCUT2D eigenvalue weighted by Crippen LogP contribution is 2.42. The maximum Gasteiger partial charge on any atom is 0.290 e. The average Bonchev–Trinajstić information content (AvgIpc) is 3.53. The van der Waals surface area contributed by atoms with Gasteiger partial charge in [-0.05, 0) is 59.7 Å². The number of Topliss-reactive ketones (excluding diaryl/α,β-unsaturated/α-hetero) is 1. The van der Waals surface area contributed by atoms with Gasteiger partial charge in [-0.3, -0.25) is 14.6 Å². The van der Waals surface area contributed by atoms with Gasteiger partial charge >= 0.3 is 0 Å². The third-order valence-electron chi connectivity index (χ3n) is 6.75. The molecular formula is C32H24N2O6. The number of aromatic nitrogens is 1. The number of fused-ring (bicyclic) bond motifs is 1. The van der Waals surface area contributed by atoms with Crippen molar-refractivity contribution in [3.63, 3.8) is 0 Å². The number of carbonyl (C=O) groups is 2. The van der Waals surface area contributed by atoms with E-state index in [1.165, 1.54) is 12.0 Å². The van der Waals surface area contributed by atoms with E-state index in [0.29, 0.717) is 33.8 Å². The van der Waals surface area contributed by atoms with Gasteiger partial charge in [-0.1, -0.05) is 42.5 Å². The number of benzene rings is 3. The largest absolute Gasteiger partial charge is 0.503 e. The molecule has 5 aromatic rings. The van der Waals surface area contributed by atoms with Gasteiger partial charge in [0.15, 0.2) is 22.9 Å². The summed E-state index contributed by atoms with van der Waals surface area (Å²) in [5.41, 5.74) is 1.71. The van der Waals surface area contributed by atoms with Gasteiger partial charge in [0, 0.05) is 24.3 Å². The van der Waals surface area contributed by atoms with E-state index in [-0.39, 0.29) is 17.9 Å². The molecule has 6 rings (SSSR count). The van der Waals surface area contributed by atoms with Gasteiger partial charge in [0.1, 0.15) is 11.5 Å². The van der Waals surface area contributed by atoms with Crippen molar-refractivity contribution in [2.75, 3.05) is 7.11 Å². The molecule has 0 bridgehead atoms. The fourth-order valence-electron chi connectivity index (χ4n) is 4.89. The number of para-hydroxylation sites is 2. The minimum absolute atomic E-state index is 0.0127. The predicted octanol–water partition coefficient (Wildman–Crippen LogP) is 6.41. The molecule has 198 valence electrons. The summed E-state index contributed by atoms with van der Waals surface area (Å²) < 4.78 is 17.3. The molecule has 8 heteroatoms. The highest BCUT2D eigenvalue weighted by molar-refractivity contribution is 6.16. The number of ketones is 1. The Balaban J connectivity index is 1.43. The minimum Gasteiger partial charge on any atom is -0.503 e. The highest BCUT2D eigenvalue weighted by atomic mass is 16.5. The Morgan fingerprint density at radius 2 is 1.70 bits per heavy atom. The monoisotopic (exact) mass is 532 g/mol. The smallest absolute Gasteiger partial charge is 0.290 e. The Kier molecular flexibility index (Phi) is 6.49. The molecule has 1 unspecified atom stereocenters. The predicted molar refractivity (Wildman–Crippen MR) is 147 cm³/mol. The lowest BCUT2D eigenvalue weighted by atomic mass is 9.94. The first-order chi connectivity index (χ1) is 19.5. The molecular weight excluding hydrogens is 508 g/mol. The van der Waals surface area contributed by atoms with Crippen molar-refractivity contribution < 1.29 is 28.6 Å². The van der Waals surface area contributed by atoms with Crippen molar-refractivity contribution in [2.45, 2.75) is 12.6 Å². The van der Waals surface area contributed by atoms with Gasteiger partial charge in [0.25, 0.3) is 5.91 Å². The number of pyridine rings is 1. The van der Waals surface area contributed by atoms with Crippen molar-refractivity contribution in [1.29, 1.82) is 0 Å². The van der Waals surface area contributed by atoms with Crippen molar-refractivity contribution >= 4 is 22.7 Å². The average molecular weight is 533 g/mol. The Labute approximate surface area is 229 Å². The lowest BCUT2D eigenvalue weighted by Crippen LogP contribution is -2.30. The van der Waals surface area contributed by atoms with E-state index in [4.69, 9.17) is 13.9 Å². The molecule has 1 aliphatic rings. The molecule has 1 N–H and O–H groups in total. The summed E-state index contributed by atoms with van der Waals surface area (Å²) in [6, 6.07) is 26.0. The first kappa shape index (κ1) is 24.9. The Hall–Kier alpha value is -5.37. The number of amides is 1. The van der Waals surface area contributed by atoms with Crippen LogP contribution in [0.5, 0.6) is 17.2 Å². The number of hydrogen-bond donors (Lipinski definition) is 1. The standard InChI is InChI=1S/C32H24N2O6/c1-38-25-12-6-8-22-18-26(40-31(22)25)29(35)27-28(34(32(37)30(27)36)19-20-13-15-33-16-14-20)21-7-5-11-24(17-21)39-23-9-3-2-4-10-23/h2-18,28,36H,19H2,1H3. The number of rotatable bonds is 8. The summed E-state index contributed by atoms with van der Waals surface area (Å²) >= 11 is 0. The second-order valence-electron chi connectivity index (χ2n) is 9.26. The summed E-state index contributed by atoms with van der Waals surface area (Å²) in [6.07, 6.45) is 3.25. The Bertz CT molecular complexity index is 1740. The van der Waals surface area contributed by atoms with Gasteiger partial charge in [-0.15, -0.1) is 0 Å². The van der Waals surface area contributed by atoms with Crippen LogP contribution in [0, 0.1) is 0 Å². The molecule has 0 fully saturated rings. The first-order valence-corrected chi connectivity index (χ1v) is 12.6. The summed E-state index contributed by atoms with van der Waals surface area (Å²) in [7, 11) is 1.51. The number of furan rings is 1. The molecule has 0 spiro atoms. The molecule has 3 heterocycles. The summed E-state index contributed by atoms with van der Waals surface area (Å²) in [4.78, 5) is 32.9. The third-order valence-corrected chi connectivity index (χ3v) is 6.75. The molecule has 2 aromatic heterocycles. The van der Waals surface area contributed by atoms with Crippen LogP contribution in [-0.4, -0.2) is 33.8 Å². The number of ether oxygens (including phenoxy) is 2. The van der Waals surface area contributed by atoms with Crippen LogP contribution < -0.4 is 9.47 Å². The van der Waals surface area contributed by atoms with E-state index in [9.17, 15) is 14.7 Å². The van der Waals surface area contributed by atoms with Crippen LogP contribution >= 0.6 is 0 Å². The molecule has 0 saturated carbocycles. The Morgan fingerprint density at radius 3 is 2.48 bits per heavy atom. The van der Waals surface area contributed by atoms with Gasteiger partial charge in [-0.25, -0.2) is 0 Å². The molecule has 0 radical (unpaired) electrons. The van der Waals surface area contributed by atoms with Crippen molar-refractivity contribution in [3.8, 4) is 17.2 Å². The number of nitrogens with zero attached hydrogens (tertiary/aromatic N) is 2. The normalized spacial score (nSPS) is 15.1. The van der Waals surface area contributed by atoms with E-state index in [1.807, 2.05) is 30.3 Å². The van der Waals surface area contributed by atoms with Crippen molar-refractivity contribution in [1.82, 2.24) is 9.88 Å². The highest BCUT2D eigenvalue weighted by Gasteiger charge is 2.44. The van der Waals surface area contributed by atoms with Crippen LogP contribution in [-0.2, 0) is 11.3 Å². The summed E-state index contributed by atoms with van der Waals surface area (Å²) in [6.45, 7) is 0.143. The maximum atomic E-state index is 14.0. The maximum absolute atomic E-state index is 14.0. The van der Waals surface area contributed by atoms with Crippen LogP contribution in [0.3, 0.4) is 0 Å². The lowest BCUT2D eigenvalue weighted by molar-refractivity contribution is -0.130. The lowest BCUT2D eigenvalue weighted by Gasteiger charge is -2.27. The molecule has 0 saturated heterocycles. The zero-order valence-corrected chi connectivity index (χ0v) is 21.5. The quantitative estimate of drug-likeness (QED) is 0.231. The third kappa shape index (κ3) is 4.56. The zero-order chi connectivity index (χ0) is 27.6. The van der Waals surface area contributed by atoms with Gasteiger partial charge in [-0.2, -0.15) is 0 Å². The number of carbonyl (C=O) groups excluding carboxylic acids is 2. The molecule has 40 heavy (non-hydrogen) atoms. The Morgan fingerprint density at radius 1 is 0.950 bits per heavy atom. The van der Waals surface area contributed by atoms with E-state index in [1.54, 1.807) is 73.1 Å². The molecule has 0 aliphatic carbocycles.